The molecule has 0 fully saturated rings. The average Bonchev–Trinajstić information content (AvgIpc) is 3.12. The topological polar surface area (TPSA) is 69.7 Å². The molecule has 2 atom stereocenters. The number of carbonyl (C=O) groups is 3. The second kappa shape index (κ2) is 10.8. The van der Waals surface area contributed by atoms with E-state index in [4.69, 9.17) is 9.47 Å². The van der Waals surface area contributed by atoms with Crippen LogP contribution in [0.2, 0.25) is 0 Å². The summed E-state index contributed by atoms with van der Waals surface area (Å²) < 4.78 is 10.9. The minimum atomic E-state index is -1.24. The van der Waals surface area contributed by atoms with E-state index >= 15 is 0 Å². The van der Waals surface area contributed by atoms with Gasteiger partial charge in [-0.05, 0) is 30.4 Å². The molecule has 0 spiro atoms. The van der Waals surface area contributed by atoms with E-state index in [0.29, 0.717) is 17.2 Å². The lowest BCUT2D eigenvalue weighted by Crippen LogP contribution is -2.30. The van der Waals surface area contributed by atoms with Crippen LogP contribution in [-0.4, -0.2) is 29.2 Å². The van der Waals surface area contributed by atoms with Crippen molar-refractivity contribution in [1.29, 1.82) is 0 Å². The van der Waals surface area contributed by atoms with Crippen molar-refractivity contribution >= 4 is 28.6 Å². The molecule has 2 aromatic carbocycles. The van der Waals surface area contributed by atoms with Crippen LogP contribution < -0.4 is 0 Å². The van der Waals surface area contributed by atoms with Gasteiger partial charge in [0.2, 0.25) is 11.5 Å². The Kier molecular flexibility index (Phi) is 8.14. The zero-order chi connectivity index (χ0) is 24.0. The maximum atomic E-state index is 12.5. The number of ether oxygens (including phenoxy) is 2. The fourth-order valence-electron chi connectivity index (χ4n) is 3.64. The third-order valence-corrected chi connectivity index (χ3v) is 6.62. The van der Waals surface area contributed by atoms with Crippen molar-refractivity contribution in [1.82, 2.24) is 0 Å². The monoisotopic (exact) mass is 466 g/mol. The lowest BCUT2D eigenvalue weighted by molar-refractivity contribution is -0.146. The van der Waals surface area contributed by atoms with Crippen molar-refractivity contribution in [2.75, 3.05) is 12.4 Å². The summed E-state index contributed by atoms with van der Waals surface area (Å²) in [5.41, 5.74) is 1.67. The molecule has 33 heavy (non-hydrogen) atoms. The summed E-state index contributed by atoms with van der Waals surface area (Å²) in [7, 11) is 0. The maximum Gasteiger partial charge on any atom is 0.373 e. The van der Waals surface area contributed by atoms with Crippen LogP contribution in [0.3, 0.4) is 0 Å². The normalized spacial score (nSPS) is 18.6. The molecule has 0 amide bonds. The smallest absolute Gasteiger partial charge is 0.373 e. The molecule has 1 aliphatic heterocycles. The lowest BCUT2D eigenvalue weighted by Gasteiger charge is -2.23. The molecular formula is C27H30O5S. The summed E-state index contributed by atoms with van der Waals surface area (Å²) in [5.74, 6) is -0.453. The number of rotatable bonds is 9. The van der Waals surface area contributed by atoms with Crippen molar-refractivity contribution in [3.63, 3.8) is 0 Å². The highest BCUT2D eigenvalue weighted by atomic mass is 32.2. The van der Waals surface area contributed by atoms with E-state index in [1.54, 1.807) is 19.1 Å². The number of hydrogen-bond donors (Lipinski definition) is 0. The standard InChI is InChI=1S/C27H30O5S/c1-18(2)16-20-10-12-21(13-11-20)19(3)26(30)33-15-14-31-25(29)23-17-24(28)27(4,32-23)22-8-6-5-7-9-22/h5-13,17-19H,14-16H2,1-4H3. The predicted octanol–water partition coefficient (Wildman–Crippen LogP) is 5.19. The molecule has 1 aliphatic rings. The number of ketones is 1. The highest BCUT2D eigenvalue weighted by molar-refractivity contribution is 8.13. The molecule has 1 heterocycles. The van der Waals surface area contributed by atoms with E-state index in [-0.39, 0.29) is 29.2 Å². The number of thioether (sulfide) groups is 1. The van der Waals surface area contributed by atoms with E-state index in [1.165, 1.54) is 11.6 Å². The first-order chi connectivity index (χ1) is 15.7. The molecule has 0 aliphatic carbocycles. The quantitative estimate of drug-likeness (QED) is 0.374. The second-order valence-electron chi connectivity index (χ2n) is 8.74. The van der Waals surface area contributed by atoms with Crippen molar-refractivity contribution in [2.24, 2.45) is 5.92 Å². The fraction of sp³-hybridized carbons (Fsp3) is 0.370. The molecule has 0 radical (unpaired) electrons. The largest absolute Gasteiger partial charge is 0.467 e. The zero-order valence-electron chi connectivity index (χ0n) is 19.5. The van der Waals surface area contributed by atoms with Gasteiger partial charge >= 0.3 is 5.97 Å². The van der Waals surface area contributed by atoms with Gasteiger partial charge in [0.15, 0.2) is 10.7 Å². The number of carbonyl (C=O) groups excluding carboxylic acids is 3. The fourth-order valence-corrected chi connectivity index (χ4v) is 4.39. The van der Waals surface area contributed by atoms with Crippen LogP contribution in [0.5, 0.6) is 0 Å². The maximum absolute atomic E-state index is 12.5. The van der Waals surface area contributed by atoms with Crippen LogP contribution in [-0.2, 0) is 35.9 Å². The third-order valence-electron chi connectivity index (χ3n) is 5.61. The van der Waals surface area contributed by atoms with Crippen LogP contribution in [0.15, 0.2) is 66.4 Å². The first-order valence-corrected chi connectivity index (χ1v) is 12.1. The molecule has 2 unspecified atom stereocenters. The van der Waals surface area contributed by atoms with Gasteiger partial charge in [-0.15, -0.1) is 0 Å². The molecule has 3 rings (SSSR count). The predicted molar refractivity (Wildman–Crippen MR) is 130 cm³/mol. The highest BCUT2D eigenvalue weighted by Gasteiger charge is 2.44. The number of esters is 1. The van der Waals surface area contributed by atoms with Crippen LogP contribution in [0.4, 0.5) is 0 Å². The van der Waals surface area contributed by atoms with E-state index in [9.17, 15) is 14.4 Å². The van der Waals surface area contributed by atoms with E-state index < -0.39 is 11.6 Å². The minimum Gasteiger partial charge on any atom is -0.467 e. The first-order valence-electron chi connectivity index (χ1n) is 11.1. The van der Waals surface area contributed by atoms with Gasteiger partial charge in [0.25, 0.3) is 0 Å². The molecule has 174 valence electrons. The lowest BCUT2D eigenvalue weighted by atomic mass is 9.92. The molecule has 5 nitrogen and oxygen atoms in total. The Balaban J connectivity index is 1.45. The summed E-state index contributed by atoms with van der Waals surface area (Å²) in [6.07, 6.45) is 2.19. The SMILES string of the molecule is CC(C)Cc1ccc(C(C)C(=O)SCCOC(=O)C2=CC(=O)C(C)(c3ccccc3)O2)cc1. The Labute approximate surface area is 199 Å². The van der Waals surface area contributed by atoms with Crippen molar-refractivity contribution in [2.45, 2.75) is 45.6 Å². The molecule has 0 saturated carbocycles. The van der Waals surface area contributed by atoms with Crippen molar-refractivity contribution in [3.05, 3.63) is 83.1 Å². The summed E-state index contributed by atoms with van der Waals surface area (Å²) >= 11 is 1.13. The Morgan fingerprint density at radius 1 is 1.03 bits per heavy atom. The molecule has 0 saturated heterocycles. The van der Waals surface area contributed by atoms with Gasteiger partial charge in [-0.25, -0.2) is 4.79 Å². The van der Waals surface area contributed by atoms with Gasteiger partial charge in [0, 0.05) is 17.4 Å². The summed E-state index contributed by atoms with van der Waals surface area (Å²) in [4.78, 5) is 37.3. The number of benzene rings is 2. The van der Waals surface area contributed by atoms with Gasteiger partial charge in [-0.3, -0.25) is 9.59 Å². The van der Waals surface area contributed by atoms with E-state index in [1.807, 2.05) is 37.3 Å². The molecule has 0 bridgehead atoms. The van der Waals surface area contributed by atoms with Crippen molar-refractivity contribution < 1.29 is 23.9 Å². The van der Waals surface area contributed by atoms with Gasteiger partial charge in [0.1, 0.15) is 6.61 Å². The Morgan fingerprint density at radius 3 is 2.33 bits per heavy atom. The van der Waals surface area contributed by atoms with Crippen LogP contribution >= 0.6 is 11.8 Å². The second-order valence-corrected chi connectivity index (χ2v) is 9.84. The van der Waals surface area contributed by atoms with Gasteiger partial charge in [-0.2, -0.15) is 0 Å². The Bertz CT molecular complexity index is 1030. The molecule has 2 aromatic rings. The van der Waals surface area contributed by atoms with Crippen molar-refractivity contribution in [3.8, 4) is 0 Å². The summed E-state index contributed by atoms with van der Waals surface area (Å²) in [5, 5.41) is 0.0193. The van der Waals surface area contributed by atoms with Gasteiger partial charge in [0.05, 0.1) is 5.92 Å². The molecular weight excluding hydrogens is 436 g/mol. The van der Waals surface area contributed by atoms with E-state index in [2.05, 4.69) is 26.0 Å². The number of hydrogen-bond acceptors (Lipinski definition) is 6. The zero-order valence-corrected chi connectivity index (χ0v) is 20.3. The van der Waals surface area contributed by atoms with E-state index in [0.717, 1.165) is 23.7 Å². The average molecular weight is 467 g/mol. The Hall–Kier alpha value is -2.86. The van der Waals surface area contributed by atoms with Crippen LogP contribution in [0, 0.1) is 5.92 Å². The van der Waals surface area contributed by atoms with Crippen LogP contribution in [0.25, 0.3) is 0 Å². The molecule has 6 heteroatoms. The molecule has 0 N–H and O–H groups in total. The van der Waals surface area contributed by atoms with Gasteiger partial charge in [-0.1, -0.05) is 87.1 Å². The Morgan fingerprint density at radius 2 is 1.70 bits per heavy atom. The van der Waals surface area contributed by atoms with Gasteiger partial charge < -0.3 is 9.47 Å². The first kappa shape index (κ1) is 24.8. The highest BCUT2D eigenvalue weighted by Crippen LogP contribution is 2.35. The molecule has 0 aromatic heterocycles. The third kappa shape index (κ3) is 6.14. The van der Waals surface area contributed by atoms with Crippen LogP contribution in [0.1, 0.15) is 50.3 Å². The minimum absolute atomic E-state index is 0.0193. The summed E-state index contributed by atoms with van der Waals surface area (Å²) in [6, 6.07) is 17.2. The summed E-state index contributed by atoms with van der Waals surface area (Å²) in [6.45, 7) is 7.92.